The van der Waals surface area contributed by atoms with E-state index < -0.39 is 5.41 Å². The van der Waals surface area contributed by atoms with Gasteiger partial charge in [-0.25, -0.2) is 0 Å². The van der Waals surface area contributed by atoms with Crippen molar-refractivity contribution in [1.82, 2.24) is 0 Å². The van der Waals surface area contributed by atoms with E-state index in [0.717, 1.165) is 6.42 Å². The van der Waals surface area contributed by atoms with E-state index >= 15 is 0 Å². The highest BCUT2D eigenvalue weighted by Gasteiger charge is 2.70. The molecule has 14 heavy (non-hydrogen) atoms. The highest BCUT2D eigenvalue weighted by molar-refractivity contribution is 6.65. The first kappa shape index (κ1) is 10.2. The van der Waals surface area contributed by atoms with E-state index in [2.05, 4.69) is 13.8 Å². The van der Waals surface area contributed by atoms with Crippen molar-refractivity contribution >= 4 is 22.6 Å². The maximum Gasteiger partial charge on any atom is 0.229 e. The van der Waals surface area contributed by atoms with Gasteiger partial charge in [-0.1, -0.05) is 20.8 Å². The van der Waals surface area contributed by atoms with Crippen LogP contribution in [-0.2, 0) is 9.59 Å². The Hall–Kier alpha value is -0.370. The summed E-state index contributed by atoms with van der Waals surface area (Å²) in [6.45, 7) is 5.97. The quantitative estimate of drug-likeness (QED) is 0.629. The number of halogens is 1. The lowest BCUT2D eigenvalue weighted by Crippen LogP contribution is -2.67. The van der Waals surface area contributed by atoms with Crippen molar-refractivity contribution in [3.05, 3.63) is 0 Å². The van der Waals surface area contributed by atoms with Crippen LogP contribution in [0.1, 0.15) is 33.6 Å². The molecule has 3 unspecified atom stereocenters. The first-order valence-corrected chi connectivity index (χ1v) is 5.44. The third kappa shape index (κ3) is 0.837. The van der Waals surface area contributed by atoms with Crippen molar-refractivity contribution in [2.75, 3.05) is 0 Å². The molecule has 3 heteroatoms. The second-order valence-corrected chi connectivity index (χ2v) is 5.60. The molecule has 0 heterocycles. The molecule has 0 aromatic heterocycles. The summed E-state index contributed by atoms with van der Waals surface area (Å²) in [5.41, 5.74) is -0.673. The highest BCUT2D eigenvalue weighted by Crippen LogP contribution is 2.69. The van der Waals surface area contributed by atoms with Crippen LogP contribution in [0, 0.1) is 22.7 Å². The van der Waals surface area contributed by atoms with Crippen LogP contribution in [0.4, 0.5) is 0 Å². The summed E-state index contributed by atoms with van der Waals surface area (Å²) in [7, 11) is 0. The van der Waals surface area contributed by atoms with Crippen molar-refractivity contribution in [3.8, 4) is 0 Å². The van der Waals surface area contributed by atoms with Gasteiger partial charge >= 0.3 is 0 Å². The van der Waals surface area contributed by atoms with E-state index in [9.17, 15) is 9.59 Å². The Kier molecular flexibility index (Phi) is 1.89. The fourth-order valence-corrected chi connectivity index (χ4v) is 3.88. The minimum Gasteiger partial charge on any atom is -0.299 e. The number of ketones is 1. The average Bonchev–Trinajstić information content (AvgIpc) is 2.07. The lowest BCUT2D eigenvalue weighted by atomic mass is 9.37. The predicted molar refractivity (Wildman–Crippen MR) is 54.0 cm³/mol. The third-order valence-corrected chi connectivity index (χ3v) is 5.10. The van der Waals surface area contributed by atoms with Gasteiger partial charge in [-0.15, -0.1) is 0 Å². The molecule has 0 spiro atoms. The van der Waals surface area contributed by atoms with Gasteiger partial charge in [0.2, 0.25) is 5.24 Å². The molecule has 0 aromatic carbocycles. The van der Waals surface area contributed by atoms with Crippen molar-refractivity contribution < 1.29 is 9.59 Å². The SMILES string of the molecule is CC1C(=O)CC2CC1(C(=O)Cl)C2(C)C. The summed E-state index contributed by atoms with van der Waals surface area (Å²) in [6.07, 6.45) is 1.43. The molecule has 0 aromatic rings. The summed E-state index contributed by atoms with van der Waals surface area (Å²) in [6, 6.07) is 0. The van der Waals surface area contributed by atoms with Gasteiger partial charge in [-0.05, 0) is 29.4 Å². The third-order valence-electron chi connectivity index (χ3n) is 4.76. The number of carbonyl (C=O) groups is 2. The van der Waals surface area contributed by atoms with Gasteiger partial charge in [0.25, 0.3) is 0 Å². The molecule has 2 bridgehead atoms. The van der Waals surface area contributed by atoms with E-state index in [0.29, 0.717) is 12.3 Å². The lowest BCUT2D eigenvalue weighted by molar-refractivity contribution is -0.194. The second kappa shape index (κ2) is 2.60. The van der Waals surface area contributed by atoms with Gasteiger partial charge in [-0.2, -0.15) is 0 Å². The fourth-order valence-electron chi connectivity index (χ4n) is 3.40. The molecule has 0 aliphatic heterocycles. The van der Waals surface area contributed by atoms with Crippen LogP contribution >= 0.6 is 11.6 Å². The maximum absolute atomic E-state index is 11.6. The molecule has 2 nitrogen and oxygen atoms in total. The number of hydrogen-bond acceptors (Lipinski definition) is 2. The molecule has 78 valence electrons. The van der Waals surface area contributed by atoms with Crippen LogP contribution in [0.25, 0.3) is 0 Å². The summed E-state index contributed by atoms with van der Waals surface area (Å²) < 4.78 is 0. The largest absolute Gasteiger partial charge is 0.299 e. The Balaban J connectivity index is 2.46. The predicted octanol–water partition coefficient (Wildman–Crippen LogP) is 2.39. The summed E-state index contributed by atoms with van der Waals surface area (Å²) >= 11 is 5.69. The van der Waals surface area contributed by atoms with Gasteiger partial charge in [0.15, 0.2) is 0 Å². The van der Waals surface area contributed by atoms with E-state index in [1.54, 1.807) is 0 Å². The van der Waals surface area contributed by atoms with E-state index in [1.165, 1.54) is 0 Å². The van der Waals surface area contributed by atoms with Gasteiger partial charge in [0.1, 0.15) is 5.78 Å². The van der Waals surface area contributed by atoms with Crippen LogP contribution < -0.4 is 0 Å². The Labute approximate surface area is 89.0 Å². The van der Waals surface area contributed by atoms with Crippen molar-refractivity contribution in [2.45, 2.75) is 33.6 Å². The molecule has 3 aliphatic rings. The number of fused-ring (bicyclic) bond motifs is 2. The number of carbonyl (C=O) groups excluding carboxylic acids is 2. The summed E-state index contributed by atoms with van der Waals surface area (Å²) in [5, 5.41) is -0.320. The first-order chi connectivity index (χ1) is 6.34. The Bertz CT molecular complexity index is 321. The molecule has 0 radical (unpaired) electrons. The molecular formula is C11H15ClO2. The van der Waals surface area contributed by atoms with Gasteiger partial charge < -0.3 is 0 Å². The molecule has 3 saturated carbocycles. The van der Waals surface area contributed by atoms with Gasteiger partial charge in [-0.3, -0.25) is 9.59 Å². The molecular weight excluding hydrogens is 200 g/mol. The molecule has 3 atom stereocenters. The topological polar surface area (TPSA) is 34.1 Å². The molecule has 3 rings (SSSR count). The number of hydrogen-bond donors (Lipinski definition) is 0. The monoisotopic (exact) mass is 214 g/mol. The van der Waals surface area contributed by atoms with Gasteiger partial charge in [0.05, 0.1) is 5.41 Å². The number of rotatable bonds is 1. The number of Topliss-reactive ketones (excluding diaryl/α,β-unsaturated/α-hetero) is 1. The zero-order valence-electron chi connectivity index (χ0n) is 8.76. The van der Waals surface area contributed by atoms with Crippen LogP contribution in [-0.4, -0.2) is 11.0 Å². The molecule has 0 N–H and O–H groups in total. The van der Waals surface area contributed by atoms with Crippen molar-refractivity contribution in [2.24, 2.45) is 22.7 Å². The van der Waals surface area contributed by atoms with Gasteiger partial charge in [0, 0.05) is 12.3 Å². The summed E-state index contributed by atoms with van der Waals surface area (Å²) in [5.74, 6) is 0.357. The Morgan fingerprint density at radius 1 is 1.50 bits per heavy atom. The first-order valence-electron chi connectivity index (χ1n) is 5.06. The zero-order valence-corrected chi connectivity index (χ0v) is 9.52. The lowest BCUT2D eigenvalue weighted by Gasteiger charge is -2.65. The molecule has 0 amide bonds. The van der Waals surface area contributed by atoms with Crippen LogP contribution in [0.5, 0.6) is 0 Å². The standard InChI is InChI=1S/C11H15ClO2/c1-6-8(13)4-7-5-11(6,9(12)14)10(7,2)3/h6-7H,4-5H2,1-3H3. The molecule has 3 aliphatic carbocycles. The molecule has 3 fully saturated rings. The van der Waals surface area contributed by atoms with Crippen molar-refractivity contribution in [3.63, 3.8) is 0 Å². The van der Waals surface area contributed by atoms with E-state index in [1.807, 2.05) is 6.92 Å². The van der Waals surface area contributed by atoms with E-state index in [4.69, 9.17) is 11.6 Å². The fraction of sp³-hybridized carbons (Fsp3) is 0.818. The Morgan fingerprint density at radius 2 is 2.07 bits per heavy atom. The van der Waals surface area contributed by atoms with Crippen LogP contribution in [0.15, 0.2) is 0 Å². The zero-order chi connectivity index (χ0) is 10.7. The van der Waals surface area contributed by atoms with Crippen molar-refractivity contribution in [1.29, 1.82) is 0 Å². The minimum absolute atomic E-state index is 0.0981. The average molecular weight is 215 g/mol. The molecule has 0 saturated heterocycles. The maximum atomic E-state index is 11.6. The minimum atomic E-state index is -0.575. The van der Waals surface area contributed by atoms with Crippen LogP contribution in [0.3, 0.4) is 0 Å². The normalized spacial score (nSPS) is 44.4. The Morgan fingerprint density at radius 3 is 2.43 bits per heavy atom. The van der Waals surface area contributed by atoms with Crippen LogP contribution in [0.2, 0.25) is 0 Å². The second-order valence-electron chi connectivity index (χ2n) is 5.26. The highest BCUT2D eigenvalue weighted by atomic mass is 35.5. The summed E-state index contributed by atoms with van der Waals surface area (Å²) in [4.78, 5) is 23.2. The van der Waals surface area contributed by atoms with E-state index in [-0.39, 0.29) is 22.4 Å². The smallest absolute Gasteiger partial charge is 0.229 e.